The van der Waals surface area contributed by atoms with E-state index < -0.39 is 11.6 Å². The molecule has 0 aliphatic carbocycles. The van der Waals surface area contributed by atoms with Gasteiger partial charge in [-0.15, -0.1) is 0 Å². The van der Waals surface area contributed by atoms with Gasteiger partial charge in [0.2, 0.25) is 5.90 Å². The van der Waals surface area contributed by atoms with Crippen molar-refractivity contribution in [2.45, 2.75) is 20.1 Å². The van der Waals surface area contributed by atoms with Crippen molar-refractivity contribution in [3.05, 3.63) is 95.6 Å². The fraction of sp³-hybridized carbons (Fsp3) is 0.231. The van der Waals surface area contributed by atoms with E-state index in [0.29, 0.717) is 33.8 Å². The normalized spacial score (nSPS) is 12.6. The average molecular weight is 497 g/mol. The Hall–Kier alpha value is -4.34. The molecule has 1 heterocycles. The number of methoxy groups -OCH3 is 1. The molecule has 0 spiro atoms. The van der Waals surface area contributed by atoms with E-state index in [-0.39, 0.29) is 19.0 Å². The number of aromatic nitrogens is 2. The zero-order valence-electron chi connectivity index (χ0n) is 20.9. The molecule has 0 bridgehead atoms. The lowest BCUT2D eigenvalue weighted by Crippen LogP contribution is -2.15. The lowest BCUT2D eigenvalue weighted by molar-refractivity contribution is 0.193. The molecular formula is C26H30F2N6O2. The first-order valence-electron chi connectivity index (χ1n) is 10.8. The molecule has 2 rings (SSSR count). The highest BCUT2D eigenvalue weighted by Crippen LogP contribution is 2.21. The van der Waals surface area contributed by atoms with E-state index in [1.54, 1.807) is 44.0 Å². The standard InChI is InChI=1S/C26H30F2N6O2/c1-8-22(27)12-9-18(2)36-16-25-23(14-31-33(25)6)26(35-7)32-19(3)20-10-11-21(24(28)13-20)15-34(30-5)17-29-4/h8-14,17H,1,3,5,15-16H2,2,4,6-7H3/b18-9+,22-12+,29-17?,32-26?. The summed E-state index contributed by atoms with van der Waals surface area (Å²) in [5, 5.41) is 9.46. The topological polar surface area (TPSA) is 76.6 Å². The monoisotopic (exact) mass is 496 g/mol. The van der Waals surface area contributed by atoms with Crippen molar-refractivity contribution in [1.29, 1.82) is 0 Å². The molecule has 8 nitrogen and oxygen atoms in total. The van der Waals surface area contributed by atoms with Crippen molar-refractivity contribution in [2.24, 2.45) is 22.1 Å². The van der Waals surface area contributed by atoms with Crippen LogP contribution >= 0.6 is 0 Å². The van der Waals surface area contributed by atoms with Gasteiger partial charge in [0.05, 0.1) is 42.6 Å². The Balaban J connectivity index is 2.26. The number of halogens is 2. The van der Waals surface area contributed by atoms with Crippen LogP contribution in [0.15, 0.2) is 82.5 Å². The third-order valence-corrected chi connectivity index (χ3v) is 4.98. The minimum atomic E-state index is -0.472. The van der Waals surface area contributed by atoms with Crippen molar-refractivity contribution in [3.63, 3.8) is 0 Å². The van der Waals surface area contributed by atoms with Crippen molar-refractivity contribution in [2.75, 3.05) is 14.2 Å². The molecule has 0 radical (unpaired) electrons. The van der Waals surface area contributed by atoms with Crippen LogP contribution in [0.1, 0.15) is 29.3 Å². The van der Waals surface area contributed by atoms with Crippen molar-refractivity contribution < 1.29 is 18.3 Å². The highest BCUT2D eigenvalue weighted by atomic mass is 19.1. The molecule has 10 heteroatoms. The zero-order valence-corrected chi connectivity index (χ0v) is 20.9. The van der Waals surface area contributed by atoms with E-state index >= 15 is 0 Å². The van der Waals surface area contributed by atoms with Crippen LogP contribution in [0, 0.1) is 5.82 Å². The summed E-state index contributed by atoms with van der Waals surface area (Å²) in [7, 11) is 4.81. The summed E-state index contributed by atoms with van der Waals surface area (Å²) in [5.74, 6) is -0.192. The molecule has 0 atom stereocenters. The molecule has 36 heavy (non-hydrogen) atoms. The molecule has 0 fully saturated rings. The molecule has 0 aliphatic heterocycles. The van der Waals surface area contributed by atoms with E-state index in [9.17, 15) is 8.78 Å². The number of aryl methyl sites for hydroxylation is 1. The summed E-state index contributed by atoms with van der Waals surface area (Å²) in [5.41, 5.74) is 2.42. The molecule has 0 saturated carbocycles. The van der Waals surface area contributed by atoms with Crippen molar-refractivity contribution in [1.82, 2.24) is 14.8 Å². The number of hydrogen-bond donors (Lipinski definition) is 0. The van der Waals surface area contributed by atoms with Crippen LogP contribution in [0.5, 0.6) is 0 Å². The predicted molar refractivity (Wildman–Crippen MR) is 140 cm³/mol. The maximum atomic E-state index is 14.7. The van der Waals surface area contributed by atoms with Gasteiger partial charge in [0, 0.05) is 31.9 Å². The molecule has 1 aromatic carbocycles. The first-order valence-corrected chi connectivity index (χ1v) is 10.8. The fourth-order valence-corrected chi connectivity index (χ4v) is 3.00. The van der Waals surface area contributed by atoms with E-state index in [4.69, 9.17) is 9.47 Å². The van der Waals surface area contributed by atoms with E-state index in [0.717, 1.165) is 6.08 Å². The maximum absolute atomic E-state index is 14.7. The minimum absolute atomic E-state index is 0.130. The molecule has 0 saturated heterocycles. The first kappa shape index (κ1) is 27.9. The van der Waals surface area contributed by atoms with Crippen LogP contribution in [0.2, 0.25) is 0 Å². The van der Waals surface area contributed by atoms with Gasteiger partial charge < -0.3 is 9.47 Å². The second kappa shape index (κ2) is 13.5. The highest BCUT2D eigenvalue weighted by Gasteiger charge is 2.17. The lowest BCUT2D eigenvalue weighted by atomic mass is 10.1. The van der Waals surface area contributed by atoms with Gasteiger partial charge in [0.25, 0.3) is 0 Å². The summed E-state index contributed by atoms with van der Waals surface area (Å²) in [6.07, 6.45) is 6.90. The van der Waals surface area contributed by atoms with Crippen molar-refractivity contribution >= 4 is 24.7 Å². The Morgan fingerprint density at radius 1 is 1.31 bits per heavy atom. The molecule has 1 aromatic heterocycles. The number of hydrogen-bond acceptors (Lipinski definition) is 6. The summed E-state index contributed by atoms with van der Waals surface area (Å²) >= 11 is 0. The maximum Gasteiger partial charge on any atom is 0.224 e. The summed E-state index contributed by atoms with van der Waals surface area (Å²) in [6, 6.07) is 4.68. The number of ether oxygens (including phenoxy) is 2. The third-order valence-electron chi connectivity index (χ3n) is 4.98. The summed E-state index contributed by atoms with van der Waals surface area (Å²) in [6.45, 7) is 12.8. The van der Waals surface area contributed by atoms with Gasteiger partial charge in [0.1, 0.15) is 24.6 Å². The molecule has 0 aliphatic rings. The van der Waals surface area contributed by atoms with Crippen LogP contribution in [-0.2, 0) is 29.7 Å². The minimum Gasteiger partial charge on any atom is -0.492 e. The Morgan fingerprint density at radius 3 is 2.67 bits per heavy atom. The Kier molecular flexibility index (Phi) is 10.5. The first-order chi connectivity index (χ1) is 17.2. The SMILES string of the molecule is C=C/C(F)=C\C=C(/C)OCc1c(C(=NC(=C)c2ccc(CN(C=NC)N=C)c(F)c2)OC)cnn1C. The molecule has 0 amide bonds. The van der Waals surface area contributed by atoms with Gasteiger partial charge in [-0.25, -0.2) is 13.8 Å². The van der Waals surface area contributed by atoms with E-state index in [2.05, 4.69) is 40.1 Å². The fourth-order valence-electron chi connectivity index (χ4n) is 3.00. The quantitative estimate of drug-likeness (QED) is 0.134. The molecule has 2 aromatic rings. The van der Waals surface area contributed by atoms with E-state index in [1.165, 1.54) is 36.7 Å². The third kappa shape index (κ3) is 7.59. The van der Waals surface area contributed by atoms with Crippen LogP contribution < -0.4 is 0 Å². The van der Waals surface area contributed by atoms with Gasteiger partial charge in [-0.1, -0.05) is 25.3 Å². The highest BCUT2D eigenvalue weighted by molar-refractivity contribution is 5.98. The molecule has 0 unspecified atom stereocenters. The molecule has 190 valence electrons. The van der Waals surface area contributed by atoms with Crippen molar-refractivity contribution in [3.8, 4) is 0 Å². The van der Waals surface area contributed by atoms with Gasteiger partial charge >= 0.3 is 0 Å². The predicted octanol–water partition coefficient (Wildman–Crippen LogP) is 5.16. The van der Waals surface area contributed by atoms with Crippen LogP contribution in [0.25, 0.3) is 5.70 Å². The van der Waals surface area contributed by atoms with Gasteiger partial charge in [-0.3, -0.25) is 14.7 Å². The van der Waals surface area contributed by atoms with Crippen LogP contribution in [0.4, 0.5) is 8.78 Å². The number of aliphatic imine (C=N–C) groups is 2. The van der Waals surface area contributed by atoms with Gasteiger partial charge in [-0.05, 0) is 31.2 Å². The summed E-state index contributed by atoms with van der Waals surface area (Å²) in [4.78, 5) is 8.32. The molecular weight excluding hydrogens is 466 g/mol. The number of hydrazone groups is 1. The largest absolute Gasteiger partial charge is 0.492 e. The van der Waals surface area contributed by atoms with Gasteiger partial charge in [0.15, 0.2) is 0 Å². The van der Waals surface area contributed by atoms with Gasteiger partial charge in [-0.2, -0.15) is 10.2 Å². The number of benzene rings is 1. The average Bonchev–Trinajstić information content (AvgIpc) is 3.24. The second-order valence-corrected chi connectivity index (χ2v) is 7.44. The van der Waals surface area contributed by atoms with Crippen LogP contribution in [0.3, 0.4) is 0 Å². The van der Waals surface area contributed by atoms with Crippen LogP contribution in [-0.4, -0.2) is 47.9 Å². The lowest BCUT2D eigenvalue weighted by Gasteiger charge is -2.14. The number of allylic oxidation sites excluding steroid dienone is 5. The Labute approximate surface area is 210 Å². The Bertz CT molecular complexity index is 1230. The van der Waals surface area contributed by atoms with E-state index in [1.807, 2.05) is 0 Å². The smallest absolute Gasteiger partial charge is 0.224 e. The number of rotatable bonds is 12. The number of nitrogens with zero attached hydrogens (tertiary/aromatic N) is 6. The summed E-state index contributed by atoms with van der Waals surface area (Å²) < 4.78 is 40.8. The second-order valence-electron chi connectivity index (χ2n) is 7.44. The Morgan fingerprint density at radius 2 is 2.06 bits per heavy atom. The molecule has 0 N–H and O–H groups in total. The zero-order chi connectivity index (χ0) is 26.7.